The largest absolute Gasteiger partial charge is 0.490 e. The number of carbonyl (C=O) groups excluding carboxylic acids is 1. The molecule has 0 aliphatic carbocycles. The van der Waals surface area contributed by atoms with Crippen LogP contribution in [-0.4, -0.2) is 24.2 Å². The lowest BCUT2D eigenvalue weighted by molar-refractivity contribution is 0.0971. The molecule has 0 fully saturated rings. The van der Waals surface area contributed by atoms with Crippen LogP contribution in [0.3, 0.4) is 0 Å². The highest BCUT2D eigenvalue weighted by Crippen LogP contribution is 2.19. The van der Waals surface area contributed by atoms with Gasteiger partial charge in [0.1, 0.15) is 5.75 Å². The van der Waals surface area contributed by atoms with Gasteiger partial charge in [-0.1, -0.05) is 12.1 Å². The Bertz CT molecular complexity index is 419. The standard InChI is InChI=1S/C12H16N2O2S/c1-8(2)16-10-7-5-4-6-9(10)11(15)14-12(17)13-3/h4-8H,1-3H3,(H2,13,14,15,17). The molecule has 0 aliphatic rings. The second-order valence-corrected chi connectivity index (χ2v) is 4.10. The van der Waals surface area contributed by atoms with Crippen LogP contribution in [0.25, 0.3) is 0 Å². The second-order valence-electron chi connectivity index (χ2n) is 3.70. The van der Waals surface area contributed by atoms with Gasteiger partial charge in [0.2, 0.25) is 0 Å². The van der Waals surface area contributed by atoms with E-state index in [-0.39, 0.29) is 17.1 Å². The Labute approximate surface area is 106 Å². The minimum atomic E-state index is -0.277. The van der Waals surface area contributed by atoms with Crippen molar-refractivity contribution >= 4 is 23.2 Å². The van der Waals surface area contributed by atoms with Crippen LogP contribution in [0.2, 0.25) is 0 Å². The van der Waals surface area contributed by atoms with Gasteiger partial charge in [-0.05, 0) is 38.2 Å². The van der Waals surface area contributed by atoms with E-state index in [1.165, 1.54) is 0 Å². The molecule has 17 heavy (non-hydrogen) atoms. The fourth-order valence-electron chi connectivity index (χ4n) is 1.24. The highest BCUT2D eigenvalue weighted by molar-refractivity contribution is 7.80. The van der Waals surface area contributed by atoms with Crippen molar-refractivity contribution in [2.24, 2.45) is 0 Å². The molecule has 2 N–H and O–H groups in total. The summed E-state index contributed by atoms with van der Waals surface area (Å²) in [6.07, 6.45) is 0.0141. The topological polar surface area (TPSA) is 50.4 Å². The summed E-state index contributed by atoms with van der Waals surface area (Å²) in [7, 11) is 1.65. The zero-order valence-electron chi connectivity index (χ0n) is 10.1. The predicted molar refractivity (Wildman–Crippen MR) is 71.3 cm³/mol. The highest BCUT2D eigenvalue weighted by Gasteiger charge is 2.13. The van der Waals surface area contributed by atoms with Crippen molar-refractivity contribution in [1.82, 2.24) is 10.6 Å². The molecule has 92 valence electrons. The summed E-state index contributed by atoms with van der Waals surface area (Å²) in [5.41, 5.74) is 0.471. The van der Waals surface area contributed by atoms with Crippen molar-refractivity contribution in [2.75, 3.05) is 7.05 Å². The molecule has 1 aromatic rings. The minimum Gasteiger partial charge on any atom is -0.490 e. The number of benzene rings is 1. The van der Waals surface area contributed by atoms with Gasteiger partial charge < -0.3 is 10.1 Å². The van der Waals surface area contributed by atoms with Crippen molar-refractivity contribution in [3.63, 3.8) is 0 Å². The summed E-state index contributed by atoms with van der Waals surface area (Å²) in [4.78, 5) is 11.9. The number of amides is 1. The zero-order valence-corrected chi connectivity index (χ0v) is 10.9. The monoisotopic (exact) mass is 252 g/mol. The first-order valence-electron chi connectivity index (χ1n) is 5.33. The molecule has 0 bridgehead atoms. The molecule has 0 spiro atoms. The van der Waals surface area contributed by atoms with Crippen LogP contribution in [0, 0.1) is 0 Å². The van der Waals surface area contributed by atoms with E-state index in [0.29, 0.717) is 11.3 Å². The number of hydrogen-bond acceptors (Lipinski definition) is 3. The number of thiocarbonyl (C=S) groups is 1. The Morgan fingerprint density at radius 1 is 1.35 bits per heavy atom. The molecule has 0 aliphatic heterocycles. The maximum Gasteiger partial charge on any atom is 0.261 e. The third kappa shape index (κ3) is 4.03. The average Bonchev–Trinajstić information content (AvgIpc) is 2.28. The van der Waals surface area contributed by atoms with Gasteiger partial charge in [0.25, 0.3) is 5.91 Å². The summed E-state index contributed by atoms with van der Waals surface area (Å²) in [6.45, 7) is 3.82. The van der Waals surface area contributed by atoms with Gasteiger partial charge in [-0.3, -0.25) is 10.1 Å². The molecule has 1 aromatic carbocycles. The van der Waals surface area contributed by atoms with Crippen molar-refractivity contribution < 1.29 is 9.53 Å². The third-order valence-electron chi connectivity index (χ3n) is 1.95. The highest BCUT2D eigenvalue weighted by atomic mass is 32.1. The average molecular weight is 252 g/mol. The molecule has 0 radical (unpaired) electrons. The normalized spacial score (nSPS) is 9.88. The van der Waals surface area contributed by atoms with Crippen molar-refractivity contribution in [3.05, 3.63) is 29.8 Å². The first kappa shape index (κ1) is 13.4. The molecule has 0 heterocycles. The maximum absolute atomic E-state index is 11.9. The number of rotatable bonds is 3. The summed E-state index contributed by atoms with van der Waals surface area (Å²) in [5, 5.41) is 5.53. The Morgan fingerprint density at radius 3 is 2.59 bits per heavy atom. The van der Waals surface area contributed by atoms with Gasteiger partial charge in [0.15, 0.2) is 5.11 Å². The Balaban J connectivity index is 2.88. The molecule has 0 atom stereocenters. The summed E-state index contributed by atoms with van der Waals surface area (Å²) >= 11 is 4.88. The van der Waals surface area contributed by atoms with Crippen LogP contribution in [0.1, 0.15) is 24.2 Å². The van der Waals surface area contributed by atoms with Crippen molar-refractivity contribution in [2.45, 2.75) is 20.0 Å². The summed E-state index contributed by atoms with van der Waals surface area (Å²) in [5.74, 6) is 0.277. The number of hydrogen-bond donors (Lipinski definition) is 2. The fraction of sp³-hybridized carbons (Fsp3) is 0.333. The number of carbonyl (C=O) groups is 1. The van der Waals surface area contributed by atoms with Crippen molar-refractivity contribution in [3.8, 4) is 5.75 Å². The van der Waals surface area contributed by atoms with Crippen LogP contribution < -0.4 is 15.4 Å². The van der Waals surface area contributed by atoms with E-state index < -0.39 is 0 Å². The first-order valence-corrected chi connectivity index (χ1v) is 5.74. The van der Waals surface area contributed by atoms with E-state index in [2.05, 4.69) is 10.6 Å². The third-order valence-corrected chi connectivity index (χ3v) is 2.25. The molecular formula is C12H16N2O2S. The quantitative estimate of drug-likeness (QED) is 0.804. The second kappa shape index (κ2) is 6.20. The van der Waals surface area contributed by atoms with Crippen LogP contribution >= 0.6 is 12.2 Å². The SMILES string of the molecule is CNC(=S)NC(=O)c1ccccc1OC(C)C. The number of nitrogens with one attached hydrogen (secondary N) is 2. The van der Waals surface area contributed by atoms with Gasteiger partial charge in [0.05, 0.1) is 11.7 Å². The summed E-state index contributed by atoms with van der Waals surface area (Å²) < 4.78 is 5.56. The Hall–Kier alpha value is -1.62. The molecule has 1 amide bonds. The van der Waals surface area contributed by atoms with E-state index in [9.17, 15) is 4.79 Å². The van der Waals surface area contributed by atoms with Crippen LogP contribution in [-0.2, 0) is 0 Å². The van der Waals surface area contributed by atoms with Gasteiger partial charge in [0, 0.05) is 7.05 Å². The van der Waals surface area contributed by atoms with E-state index in [1.54, 1.807) is 25.2 Å². The van der Waals surface area contributed by atoms with Gasteiger partial charge in [-0.25, -0.2) is 0 Å². The van der Waals surface area contributed by atoms with Crippen LogP contribution in [0.15, 0.2) is 24.3 Å². The van der Waals surface area contributed by atoms with E-state index in [0.717, 1.165) is 0 Å². The fourth-order valence-corrected chi connectivity index (χ4v) is 1.34. The molecule has 4 nitrogen and oxygen atoms in total. The van der Waals surface area contributed by atoms with E-state index >= 15 is 0 Å². The molecule has 1 rings (SSSR count). The molecular weight excluding hydrogens is 236 g/mol. The number of ether oxygens (including phenoxy) is 1. The smallest absolute Gasteiger partial charge is 0.261 e. The molecule has 0 saturated heterocycles. The Kier molecular flexibility index (Phi) is 4.90. The van der Waals surface area contributed by atoms with E-state index in [4.69, 9.17) is 17.0 Å². The van der Waals surface area contributed by atoms with E-state index in [1.807, 2.05) is 19.9 Å². The van der Waals surface area contributed by atoms with Gasteiger partial charge >= 0.3 is 0 Å². The first-order chi connectivity index (χ1) is 8.04. The van der Waals surface area contributed by atoms with Gasteiger partial charge in [-0.2, -0.15) is 0 Å². The van der Waals surface area contributed by atoms with Gasteiger partial charge in [-0.15, -0.1) is 0 Å². The molecule has 0 aromatic heterocycles. The van der Waals surface area contributed by atoms with Crippen LogP contribution in [0.4, 0.5) is 0 Å². The lowest BCUT2D eigenvalue weighted by Gasteiger charge is -2.14. The Morgan fingerprint density at radius 2 is 2.00 bits per heavy atom. The van der Waals surface area contributed by atoms with Crippen molar-refractivity contribution in [1.29, 1.82) is 0 Å². The minimum absolute atomic E-state index is 0.0141. The predicted octanol–water partition coefficient (Wildman–Crippen LogP) is 1.71. The molecule has 0 saturated carbocycles. The lowest BCUT2D eigenvalue weighted by Crippen LogP contribution is -2.37. The van der Waals surface area contributed by atoms with Crippen LogP contribution in [0.5, 0.6) is 5.75 Å². The summed E-state index contributed by atoms with van der Waals surface area (Å²) in [6, 6.07) is 7.07. The number of para-hydroxylation sites is 1. The lowest BCUT2D eigenvalue weighted by atomic mass is 10.2. The zero-order chi connectivity index (χ0) is 12.8. The molecule has 0 unspecified atom stereocenters. The molecule has 5 heteroatoms. The maximum atomic E-state index is 11.9.